The Morgan fingerprint density at radius 1 is 1.14 bits per heavy atom. The van der Waals surface area contributed by atoms with E-state index in [2.05, 4.69) is 13.0 Å². The number of nitriles is 1. The van der Waals surface area contributed by atoms with Crippen molar-refractivity contribution in [1.29, 1.82) is 5.26 Å². The zero-order valence-corrected chi connectivity index (χ0v) is 17.5. The first-order chi connectivity index (χ1) is 13.4. The molecule has 0 aromatic rings. The molecule has 0 aliphatic heterocycles. The van der Waals surface area contributed by atoms with Crippen molar-refractivity contribution >= 4 is 5.97 Å². The van der Waals surface area contributed by atoms with Crippen molar-refractivity contribution < 1.29 is 20.1 Å². The van der Waals surface area contributed by atoms with Crippen molar-refractivity contribution in [2.45, 2.75) is 109 Å². The highest BCUT2D eigenvalue weighted by molar-refractivity contribution is 5.66. The van der Waals surface area contributed by atoms with Crippen LogP contribution in [0.1, 0.15) is 96.8 Å². The minimum atomic E-state index is -0.738. The molecule has 5 nitrogen and oxygen atoms in total. The molecule has 2 aliphatic carbocycles. The maximum atomic E-state index is 10.6. The lowest BCUT2D eigenvalue weighted by atomic mass is 9.62. The lowest BCUT2D eigenvalue weighted by Crippen LogP contribution is -2.40. The Bertz CT molecular complexity index is 520. The third kappa shape index (κ3) is 5.94. The molecule has 2 rings (SSSR count). The molecule has 28 heavy (non-hydrogen) atoms. The van der Waals surface area contributed by atoms with E-state index in [1.807, 2.05) is 0 Å². The Morgan fingerprint density at radius 3 is 2.39 bits per heavy atom. The van der Waals surface area contributed by atoms with E-state index < -0.39 is 12.1 Å². The van der Waals surface area contributed by atoms with Gasteiger partial charge in [-0.05, 0) is 68.6 Å². The molecule has 2 saturated carbocycles. The van der Waals surface area contributed by atoms with Crippen LogP contribution in [0.3, 0.4) is 0 Å². The molecule has 160 valence electrons. The van der Waals surface area contributed by atoms with Gasteiger partial charge in [0.25, 0.3) is 0 Å². The van der Waals surface area contributed by atoms with Gasteiger partial charge < -0.3 is 15.3 Å². The maximum Gasteiger partial charge on any atom is 0.303 e. The number of unbranched alkanes of at least 4 members (excludes halogenated alkanes) is 3. The van der Waals surface area contributed by atoms with Crippen LogP contribution < -0.4 is 0 Å². The Hall–Kier alpha value is -1.12. The molecule has 0 amide bonds. The van der Waals surface area contributed by atoms with Crippen LogP contribution in [0.15, 0.2) is 0 Å². The van der Waals surface area contributed by atoms with Crippen molar-refractivity contribution in [2.24, 2.45) is 23.2 Å². The monoisotopic (exact) mass is 393 g/mol. The van der Waals surface area contributed by atoms with Crippen molar-refractivity contribution in [2.75, 3.05) is 0 Å². The summed E-state index contributed by atoms with van der Waals surface area (Å²) in [5.74, 6) is -0.412. The highest BCUT2D eigenvalue weighted by Crippen LogP contribution is 2.48. The number of aliphatic hydroxyl groups is 2. The molecule has 3 N–H and O–H groups in total. The molecular formula is C23H39NO4. The Labute approximate surface area is 170 Å². The largest absolute Gasteiger partial charge is 0.481 e. The van der Waals surface area contributed by atoms with Crippen molar-refractivity contribution in [1.82, 2.24) is 0 Å². The molecule has 0 radical (unpaired) electrons. The van der Waals surface area contributed by atoms with Crippen LogP contribution in [0.25, 0.3) is 0 Å². The van der Waals surface area contributed by atoms with Crippen LogP contribution >= 0.6 is 0 Å². The summed E-state index contributed by atoms with van der Waals surface area (Å²) in [5, 5.41) is 39.3. The number of aliphatic carboxylic acids is 1. The van der Waals surface area contributed by atoms with E-state index in [9.17, 15) is 20.3 Å². The van der Waals surface area contributed by atoms with Gasteiger partial charge in [-0.1, -0.05) is 39.0 Å². The minimum Gasteiger partial charge on any atom is -0.481 e. The van der Waals surface area contributed by atoms with E-state index in [-0.39, 0.29) is 35.7 Å². The topological polar surface area (TPSA) is 102 Å². The second-order valence-corrected chi connectivity index (χ2v) is 9.23. The maximum absolute atomic E-state index is 10.6. The molecule has 5 atom stereocenters. The van der Waals surface area contributed by atoms with E-state index in [1.54, 1.807) is 0 Å². The van der Waals surface area contributed by atoms with Gasteiger partial charge >= 0.3 is 5.97 Å². The van der Waals surface area contributed by atoms with Gasteiger partial charge in [0.05, 0.1) is 24.2 Å². The summed E-state index contributed by atoms with van der Waals surface area (Å²) in [5.41, 5.74) is 0.138. The SMILES string of the molecule is CCC1(C(O)CCC[C@@H]2[C@@H](CCCCCCC(=O)O)[C@H](C#N)C[C@H]2O)CCC1. The van der Waals surface area contributed by atoms with E-state index in [0.717, 1.165) is 64.2 Å². The van der Waals surface area contributed by atoms with Crippen LogP contribution in [0, 0.1) is 34.5 Å². The number of hydrogen-bond acceptors (Lipinski definition) is 4. The van der Waals surface area contributed by atoms with Gasteiger partial charge in [0.1, 0.15) is 0 Å². The number of carboxylic acid groups (broad SMARTS) is 1. The Balaban J connectivity index is 1.76. The zero-order chi connectivity index (χ0) is 20.6. The minimum absolute atomic E-state index is 0.0717. The van der Waals surface area contributed by atoms with Gasteiger partial charge in [0, 0.05) is 6.42 Å². The van der Waals surface area contributed by atoms with Gasteiger partial charge in [-0.2, -0.15) is 5.26 Å². The highest BCUT2D eigenvalue weighted by Gasteiger charge is 2.43. The zero-order valence-electron chi connectivity index (χ0n) is 17.5. The highest BCUT2D eigenvalue weighted by atomic mass is 16.4. The second-order valence-electron chi connectivity index (χ2n) is 9.23. The molecule has 5 heteroatoms. The molecule has 0 bridgehead atoms. The number of aliphatic hydroxyl groups excluding tert-OH is 2. The van der Waals surface area contributed by atoms with Gasteiger partial charge in [-0.25, -0.2) is 0 Å². The van der Waals surface area contributed by atoms with E-state index in [1.165, 1.54) is 6.42 Å². The summed E-state index contributed by atoms with van der Waals surface area (Å²) in [6.07, 6.45) is 11.9. The fourth-order valence-electron chi connectivity index (χ4n) is 5.58. The number of carbonyl (C=O) groups is 1. The van der Waals surface area contributed by atoms with Gasteiger partial charge in [0.2, 0.25) is 0 Å². The molecule has 2 aliphatic rings. The molecule has 0 spiro atoms. The smallest absolute Gasteiger partial charge is 0.303 e. The predicted octanol–water partition coefficient (Wildman–Crippen LogP) is 4.66. The van der Waals surface area contributed by atoms with Crippen LogP contribution in [-0.2, 0) is 4.79 Å². The molecular weight excluding hydrogens is 354 g/mol. The normalized spacial score (nSPS) is 29.8. The number of rotatable bonds is 13. The fourth-order valence-corrected chi connectivity index (χ4v) is 5.58. The van der Waals surface area contributed by atoms with E-state index in [4.69, 9.17) is 5.11 Å². The summed E-state index contributed by atoms with van der Waals surface area (Å²) < 4.78 is 0. The average Bonchev–Trinajstić information content (AvgIpc) is 2.92. The number of nitrogens with zero attached hydrogens (tertiary/aromatic N) is 1. The van der Waals surface area contributed by atoms with Gasteiger partial charge in [0.15, 0.2) is 0 Å². The quantitative estimate of drug-likeness (QED) is 0.395. The number of carboxylic acids is 1. The average molecular weight is 394 g/mol. The van der Waals surface area contributed by atoms with Crippen molar-refractivity contribution in [3.8, 4) is 6.07 Å². The van der Waals surface area contributed by atoms with Gasteiger partial charge in [-0.3, -0.25) is 4.79 Å². The van der Waals surface area contributed by atoms with Gasteiger partial charge in [-0.15, -0.1) is 0 Å². The van der Waals surface area contributed by atoms with Crippen LogP contribution in [0.4, 0.5) is 0 Å². The third-order valence-electron chi connectivity index (χ3n) is 7.68. The van der Waals surface area contributed by atoms with Crippen LogP contribution in [0.2, 0.25) is 0 Å². The first-order valence-electron chi connectivity index (χ1n) is 11.4. The fraction of sp³-hybridized carbons (Fsp3) is 0.913. The summed E-state index contributed by atoms with van der Waals surface area (Å²) in [6.45, 7) is 2.17. The summed E-state index contributed by atoms with van der Waals surface area (Å²) in [7, 11) is 0. The molecule has 2 fully saturated rings. The Kier molecular flexibility index (Phi) is 9.24. The summed E-state index contributed by atoms with van der Waals surface area (Å²) >= 11 is 0. The summed E-state index contributed by atoms with van der Waals surface area (Å²) in [6, 6.07) is 2.41. The second kappa shape index (κ2) is 11.2. The van der Waals surface area contributed by atoms with Crippen LogP contribution in [-0.4, -0.2) is 33.5 Å². The van der Waals surface area contributed by atoms with E-state index >= 15 is 0 Å². The number of hydrogen-bond donors (Lipinski definition) is 3. The molecule has 0 aromatic carbocycles. The molecule has 1 unspecified atom stereocenters. The molecule has 0 aromatic heterocycles. The standard InChI is InChI=1S/C23H39NO4/c1-2-23(13-8-14-23)21(26)11-7-10-19-18(17(16-24)15-20(19)25)9-5-3-4-6-12-22(27)28/h17-21,25-26H,2-15H2,1H3,(H,27,28)/t17-,18-,19+,20+,21?/m0/s1. The van der Waals surface area contributed by atoms with E-state index in [0.29, 0.717) is 12.8 Å². The predicted molar refractivity (Wildman–Crippen MR) is 108 cm³/mol. The Morgan fingerprint density at radius 2 is 1.82 bits per heavy atom. The van der Waals surface area contributed by atoms with Crippen LogP contribution in [0.5, 0.6) is 0 Å². The lowest BCUT2D eigenvalue weighted by Gasteiger charge is -2.45. The van der Waals surface area contributed by atoms with Crippen molar-refractivity contribution in [3.63, 3.8) is 0 Å². The first-order valence-corrected chi connectivity index (χ1v) is 11.4. The first kappa shape index (κ1) is 23.2. The third-order valence-corrected chi connectivity index (χ3v) is 7.68. The summed E-state index contributed by atoms with van der Waals surface area (Å²) in [4.78, 5) is 10.6. The molecule has 0 saturated heterocycles. The van der Waals surface area contributed by atoms with Crippen molar-refractivity contribution in [3.05, 3.63) is 0 Å². The lowest BCUT2D eigenvalue weighted by molar-refractivity contribution is -0.137. The molecule has 0 heterocycles.